The van der Waals surface area contributed by atoms with Gasteiger partial charge in [-0.05, 0) is 37.3 Å². The summed E-state index contributed by atoms with van der Waals surface area (Å²) in [4.78, 5) is 39.0. The first-order chi connectivity index (χ1) is 18.3. The Labute approximate surface area is 222 Å². The molecule has 1 aromatic rings. The van der Waals surface area contributed by atoms with Crippen LogP contribution in [-0.2, 0) is 30.0 Å². The molecule has 0 bridgehead atoms. The molecular weight excluding hydrogens is 523 g/mol. The predicted octanol–water partition coefficient (Wildman–Crippen LogP) is 2.80. The van der Waals surface area contributed by atoms with E-state index >= 15 is 0 Å². The number of benzene rings is 1. The lowest BCUT2D eigenvalue weighted by Crippen LogP contribution is -2.59. The molecular formula is C25H28F3N5O6. The summed E-state index contributed by atoms with van der Waals surface area (Å²) < 4.78 is 55.9. The van der Waals surface area contributed by atoms with Crippen LogP contribution in [0.3, 0.4) is 0 Å². The van der Waals surface area contributed by atoms with E-state index in [-0.39, 0.29) is 41.5 Å². The third-order valence-corrected chi connectivity index (χ3v) is 5.53. The quantitative estimate of drug-likeness (QED) is 0.132. The van der Waals surface area contributed by atoms with Gasteiger partial charge in [0.25, 0.3) is 0 Å². The van der Waals surface area contributed by atoms with Crippen LogP contribution in [0.25, 0.3) is 0 Å². The first-order valence-corrected chi connectivity index (χ1v) is 11.2. The molecule has 210 valence electrons. The van der Waals surface area contributed by atoms with Crippen LogP contribution in [0.4, 0.5) is 23.7 Å². The molecule has 2 rings (SSSR count). The van der Waals surface area contributed by atoms with E-state index in [4.69, 9.17) is 31.1 Å². The second-order valence-corrected chi connectivity index (χ2v) is 7.91. The topological polar surface area (TPSA) is 161 Å². The van der Waals surface area contributed by atoms with Crippen molar-refractivity contribution < 1.29 is 41.8 Å². The number of urea groups is 1. The lowest BCUT2D eigenvalue weighted by molar-refractivity contribution is -0.138. The number of nitrogens with two attached hydrogens (primary N) is 2. The van der Waals surface area contributed by atoms with Crippen LogP contribution in [0.1, 0.15) is 12.5 Å². The second-order valence-electron chi connectivity index (χ2n) is 7.91. The molecule has 3 amide bonds. The van der Waals surface area contributed by atoms with Crippen molar-refractivity contribution in [2.75, 3.05) is 32.3 Å². The number of hydrogen-bond acceptors (Lipinski definition) is 7. The molecule has 5 N–H and O–H groups in total. The minimum atomic E-state index is -4.70. The highest BCUT2D eigenvalue weighted by Gasteiger charge is 2.45. The zero-order valence-electron chi connectivity index (χ0n) is 21.4. The van der Waals surface area contributed by atoms with Gasteiger partial charge in [0.05, 0.1) is 24.9 Å². The van der Waals surface area contributed by atoms with Gasteiger partial charge in [0.15, 0.2) is 0 Å². The second kappa shape index (κ2) is 12.8. The summed E-state index contributed by atoms with van der Waals surface area (Å²) in [6, 6.07) is 1.21. The van der Waals surface area contributed by atoms with Gasteiger partial charge in [-0.3, -0.25) is 15.1 Å². The van der Waals surface area contributed by atoms with E-state index in [2.05, 4.69) is 6.58 Å². The van der Waals surface area contributed by atoms with Crippen LogP contribution in [0.2, 0.25) is 0 Å². The van der Waals surface area contributed by atoms with E-state index < -0.39 is 41.6 Å². The maximum absolute atomic E-state index is 13.4. The largest absolute Gasteiger partial charge is 0.493 e. The molecule has 39 heavy (non-hydrogen) atoms. The molecule has 0 aromatic heterocycles. The number of allylic oxidation sites excluding steroid dienone is 3. The predicted molar refractivity (Wildman–Crippen MR) is 135 cm³/mol. The zero-order chi connectivity index (χ0) is 29.5. The van der Waals surface area contributed by atoms with Crippen molar-refractivity contribution in [3.8, 4) is 0 Å². The third-order valence-electron chi connectivity index (χ3n) is 5.53. The fraction of sp³-hybridized carbons (Fsp3) is 0.280. The van der Waals surface area contributed by atoms with Crippen molar-refractivity contribution in [1.82, 2.24) is 4.90 Å². The fourth-order valence-corrected chi connectivity index (χ4v) is 3.73. The Bertz CT molecular complexity index is 1250. The van der Waals surface area contributed by atoms with Crippen LogP contribution >= 0.6 is 0 Å². The number of nitrogens with zero attached hydrogens (tertiary/aromatic N) is 2. The number of esters is 1. The number of carbonyl (C=O) groups is 3. The summed E-state index contributed by atoms with van der Waals surface area (Å²) >= 11 is 0. The Balaban J connectivity index is 2.89. The number of guanidine groups is 1. The van der Waals surface area contributed by atoms with Crippen LogP contribution in [0.15, 0.2) is 71.7 Å². The molecule has 14 heteroatoms. The van der Waals surface area contributed by atoms with Gasteiger partial charge >= 0.3 is 18.2 Å². The number of rotatable bonds is 10. The molecule has 0 saturated carbocycles. The van der Waals surface area contributed by atoms with Crippen LogP contribution in [-0.4, -0.2) is 62.2 Å². The monoisotopic (exact) mass is 551 g/mol. The van der Waals surface area contributed by atoms with E-state index in [1.807, 2.05) is 0 Å². The lowest BCUT2D eigenvalue weighted by atomic mass is 9.96. The Morgan fingerprint density at radius 2 is 1.82 bits per heavy atom. The molecule has 11 nitrogen and oxygen atoms in total. The maximum atomic E-state index is 13.4. The maximum Gasteiger partial charge on any atom is 0.416 e. The van der Waals surface area contributed by atoms with Gasteiger partial charge in [-0.25, -0.2) is 14.5 Å². The minimum absolute atomic E-state index is 0.0438. The van der Waals surface area contributed by atoms with E-state index in [0.717, 1.165) is 36.3 Å². The van der Waals surface area contributed by atoms with Crippen molar-refractivity contribution in [3.63, 3.8) is 0 Å². The van der Waals surface area contributed by atoms with Gasteiger partial charge in [-0.2, -0.15) is 13.2 Å². The standard InChI is InChI=1S/C25H28F3N5O6/c1-5-15(21(29)34)9-10-18(39-12-11-37-3)20-19(22(35)38-4)14(2)32(23(30)33(20)24(31)36)17-8-6-7-16(13-17)25(26,27)28/h5-10,13,20,30H,1,11-12H2,2-4H3,(H2,29,34)(H2,31,36)/b15-9+,18-10-,30-23?. The SMILES string of the molecule is C=C/C(=C\C=C(/OCCOC)C1C(C(=O)OC)=C(C)N(c2cccc(C(F)(F)F)c2)C(=N)N1C(N)=O)C(N)=O. The highest BCUT2D eigenvalue weighted by Crippen LogP contribution is 2.37. The number of hydrogen-bond donors (Lipinski definition) is 3. The van der Waals surface area contributed by atoms with Crippen molar-refractivity contribution in [2.24, 2.45) is 11.5 Å². The molecule has 1 heterocycles. The summed E-state index contributed by atoms with van der Waals surface area (Å²) in [6.45, 7) is 4.81. The van der Waals surface area contributed by atoms with Crippen LogP contribution in [0.5, 0.6) is 0 Å². The van der Waals surface area contributed by atoms with Crippen LogP contribution < -0.4 is 16.4 Å². The third kappa shape index (κ3) is 6.84. The number of ether oxygens (including phenoxy) is 3. The summed E-state index contributed by atoms with van der Waals surface area (Å²) in [5.41, 5.74) is 9.36. The van der Waals surface area contributed by atoms with Gasteiger partial charge < -0.3 is 25.7 Å². The molecule has 1 atom stereocenters. The number of carbonyl (C=O) groups excluding carboxylic acids is 3. The molecule has 1 aromatic carbocycles. The van der Waals surface area contributed by atoms with Crippen LogP contribution in [0, 0.1) is 5.41 Å². The van der Waals surface area contributed by atoms with E-state index in [9.17, 15) is 27.6 Å². The molecule has 0 spiro atoms. The number of methoxy groups -OCH3 is 2. The zero-order valence-corrected chi connectivity index (χ0v) is 21.4. The average molecular weight is 552 g/mol. The van der Waals surface area contributed by atoms with Gasteiger partial charge in [-0.1, -0.05) is 18.7 Å². The van der Waals surface area contributed by atoms with E-state index in [1.165, 1.54) is 32.3 Å². The Morgan fingerprint density at radius 1 is 1.15 bits per heavy atom. The molecule has 0 aliphatic carbocycles. The minimum Gasteiger partial charge on any atom is -0.493 e. The molecule has 1 aliphatic rings. The normalized spacial score (nSPS) is 16.8. The smallest absolute Gasteiger partial charge is 0.416 e. The summed E-state index contributed by atoms with van der Waals surface area (Å²) in [6.07, 6.45) is -1.10. The average Bonchev–Trinajstić information content (AvgIpc) is 2.86. The number of alkyl halides is 3. The molecule has 0 fully saturated rings. The summed E-state index contributed by atoms with van der Waals surface area (Å²) in [5.74, 6) is -2.66. The number of halogens is 3. The number of nitrogens with one attached hydrogen (secondary N) is 1. The van der Waals surface area contributed by atoms with Crippen molar-refractivity contribution in [1.29, 1.82) is 5.41 Å². The van der Waals surface area contributed by atoms with Gasteiger partial charge in [0.2, 0.25) is 11.9 Å². The Morgan fingerprint density at radius 3 is 2.33 bits per heavy atom. The van der Waals surface area contributed by atoms with E-state index in [1.54, 1.807) is 0 Å². The number of amides is 3. The highest BCUT2D eigenvalue weighted by molar-refractivity contribution is 6.10. The molecule has 0 saturated heterocycles. The number of anilines is 1. The number of primary amides is 2. The Kier molecular flexibility index (Phi) is 10.0. The fourth-order valence-electron chi connectivity index (χ4n) is 3.73. The molecule has 0 radical (unpaired) electrons. The van der Waals surface area contributed by atoms with Crippen molar-refractivity contribution in [3.05, 3.63) is 77.2 Å². The summed E-state index contributed by atoms with van der Waals surface area (Å²) in [5, 5.41) is 8.74. The van der Waals surface area contributed by atoms with Gasteiger partial charge in [0, 0.05) is 24.1 Å². The first kappa shape index (κ1) is 30.6. The van der Waals surface area contributed by atoms with Gasteiger partial charge in [0.1, 0.15) is 18.4 Å². The molecule has 1 aliphatic heterocycles. The van der Waals surface area contributed by atoms with Crippen molar-refractivity contribution in [2.45, 2.75) is 19.1 Å². The first-order valence-electron chi connectivity index (χ1n) is 11.2. The van der Waals surface area contributed by atoms with E-state index in [0.29, 0.717) is 4.90 Å². The molecule has 1 unspecified atom stereocenters. The van der Waals surface area contributed by atoms with Gasteiger partial charge in [-0.15, -0.1) is 0 Å². The summed E-state index contributed by atoms with van der Waals surface area (Å²) in [7, 11) is 2.46. The van der Waals surface area contributed by atoms with Crippen molar-refractivity contribution >= 4 is 29.6 Å². The Hall–Kier alpha value is -4.59. The lowest BCUT2D eigenvalue weighted by Gasteiger charge is -2.43. The highest BCUT2D eigenvalue weighted by atomic mass is 19.4.